The summed E-state index contributed by atoms with van der Waals surface area (Å²) in [5.74, 6) is 1.04. The summed E-state index contributed by atoms with van der Waals surface area (Å²) in [7, 11) is 0. The molecular formula is C17H28NO2+. The number of nitrogens with one attached hydrogen (secondary N) is 1. The molecule has 1 unspecified atom stereocenters. The van der Waals surface area contributed by atoms with E-state index in [0.717, 1.165) is 32.0 Å². The van der Waals surface area contributed by atoms with Gasteiger partial charge in [0.05, 0.1) is 0 Å². The van der Waals surface area contributed by atoms with Crippen LogP contribution >= 0.6 is 0 Å². The zero-order chi connectivity index (χ0) is 14.7. The van der Waals surface area contributed by atoms with E-state index in [-0.39, 0.29) is 0 Å². The SMILES string of the molecule is Cc1cc(C)c(C)c(OCC[NH+]2C[C@@H](C)O[C@@H](C)C2)c1. The van der Waals surface area contributed by atoms with Gasteiger partial charge in [-0.3, -0.25) is 0 Å². The quantitative estimate of drug-likeness (QED) is 0.905. The van der Waals surface area contributed by atoms with Crippen LogP contribution in [0.15, 0.2) is 12.1 Å². The molecule has 0 saturated carbocycles. The van der Waals surface area contributed by atoms with Crippen molar-refractivity contribution in [1.82, 2.24) is 0 Å². The normalized spacial score (nSPS) is 26.6. The first kappa shape index (κ1) is 15.3. The molecule has 1 aliphatic rings. The summed E-state index contributed by atoms with van der Waals surface area (Å²) < 4.78 is 11.8. The Bertz CT molecular complexity index is 449. The number of benzene rings is 1. The second kappa shape index (κ2) is 6.59. The maximum Gasteiger partial charge on any atom is 0.137 e. The van der Waals surface area contributed by atoms with Crippen LogP contribution < -0.4 is 9.64 Å². The highest BCUT2D eigenvalue weighted by molar-refractivity contribution is 5.41. The summed E-state index contributed by atoms with van der Waals surface area (Å²) in [4.78, 5) is 1.58. The van der Waals surface area contributed by atoms with Gasteiger partial charge in [-0.15, -0.1) is 0 Å². The average molecular weight is 278 g/mol. The van der Waals surface area contributed by atoms with Gasteiger partial charge in [0, 0.05) is 0 Å². The molecule has 1 aromatic carbocycles. The molecule has 112 valence electrons. The van der Waals surface area contributed by atoms with Gasteiger partial charge in [0.2, 0.25) is 0 Å². The van der Waals surface area contributed by atoms with Crippen molar-refractivity contribution in [2.45, 2.75) is 46.8 Å². The first-order chi connectivity index (χ1) is 9.45. The van der Waals surface area contributed by atoms with E-state index in [4.69, 9.17) is 9.47 Å². The molecule has 3 nitrogen and oxygen atoms in total. The number of hydrogen-bond donors (Lipinski definition) is 1. The third kappa shape index (κ3) is 3.97. The minimum atomic E-state index is 0.358. The smallest absolute Gasteiger partial charge is 0.137 e. The van der Waals surface area contributed by atoms with Crippen LogP contribution in [-0.4, -0.2) is 38.4 Å². The maximum atomic E-state index is 6.01. The fourth-order valence-electron chi connectivity index (χ4n) is 3.05. The van der Waals surface area contributed by atoms with Crippen LogP contribution in [0.2, 0.25) is 0 Å². The molecule has 3 atom stereocenters. The van der Waals surface area contributed by atoms with Gasteiger partial charge in [-0.05, 0) is 57.4 Å². The van der Waals surface area contributed by atoms with E-state index in [1.165, 1.54) is 16.7 Å². The lowest BCUT2D eigenvalue weighted by Crippen LogP contribution is -3.16. The molecule has 3 heteroatoms. The van der Waals surface area contributed by atoms with Crippen LogP contribution in [-0.2, 0) is 4.74 Å². The van der Waals surface area contributed by atoms with Gasteiger partial charge in [0.15, 0.2) is 0 Å². The van der Waals surface area contributed by atoms with Crippen molar-refractivity contribution >= 4 is 0 Å². The van der Waals surface area contributed by atoms with E-state index in [1.54, 1.807) is 4.90 Å². The molecule has 1 aliphatic heterocycles. The molecule has 0 aromatic heterocycles. The summed E-state index contributed by atoms with van der Waals surface area (Å²) in [6.45, 7) is 14.7. The summed E-state index contributed by atoms with van der Waals surface area (Å²) in [6.07, 6.45) is 0.716. The third-order valence-electron chi connectivity index (χ3n) is 4.09. The van der Waals surface area contributed by atoms with E-state index >= 15 is 0 Å². The van der Waals surface area contributed by atoms with E-state index in [1.807, 2.05) is 0 Å². The van der Waals surface area contributed by atoms with Crippen LogP contribution in [0.25, 0.3) is 0 Å². The van der Waals surface area contributed by atoms with Gasteiger partial charge in [-0.25, -0.2) is 0 Å². The molecule has 1 aromatic rings. The van der Waals surface area contributed by atoms with E-state index < -0.39 is 0 Å². The maximum absolute atomic E-state index is 6.01. The van der Waals surface area contributed by atoms with Crippen LogP contribution in [0.4, 0.5) is 0 Å². The lowest BCUT2D eigenvalue weighted by Gasteiger charge is -2.32. The number of morpholine rings is 1. The van der Waals surface area contributed by atoms with Crippen molar-refractivity contribution in [3.8, 4) is 5.75 Å². The van der Waals surface area contributed by atoms with Crippen molar-refractivity contribution in [3.63, 3.8) is 0 Å². The van der Waals surface area contributed by atoms with Crippen molar-refractivity contribution in [2.75, 3.05) is 26.2 Å². The van der Waals surface area contributed by atoms with Crippen molar-refractivity contribution < 1.29 is 14.4 Å². The minimum absolute atomic E-state index is 0.358. The Kier molecular flexibility index (Phi) is 5.06. The molecule has 20 heavy (non-hydrogen) atoms. The summed E-state index contributed by atoms with van der Waals surface area (Å²) in [5.41, 5.74) is 3.83. The summed E-state index contributed by atoms with van der Waals surface area (Å²) >= 11 is 0. The Hall–Kier alpha value is -1.06. The predicted octanol–water partition coefficient (Wildman–Crippen LogP) is 1.68. The summed E-state index contributed by atoms with van der Waals surface area (Å²) in [6, 6.07) is 4.35. The Morgan fingerprint density at radius 3 is 2.45 bits per heavy atom. The van der Waals surface area contributed by atoms with Gasteiger partial charge >= 0.3 is 0 Å². The van der Waals surface area contributed by atoms with Gasteiger partial charge < -0.3 is 14.4 Å². The monoisotopic (exact) mass is 278 g/mol. The molecule has 2 rings (SSSR count). The first-order valence-corrected chi connectivity index (χ1v) is 7.65. The zero-order valence-electron chi connectivity index (χ0n) is 13.5. The molecule has 0 bridgehead atoms. The highest BCUT2D eigenvalue weighted by Gasteiger charge is 2.25. The molecule has 0 spiro atoms. The highest BCUT2D eigenvalue weighted by Crippen LogP contribution is 2.22. The van der Waals surface area contributed by atoms with Crippen LogP contribution in [0, 0.1) is 20.8 Å². The summed E-state index contributed by atoms with van der Waals surface area (Å²) in [5, 5.41) is 0. The van der Waals surface area contributed by atoms with E-state index in [0.29, 0.717) is 12.2 Å². The second-order valence-corrected chi connectivity index (χ2v) is 6.22. The highest BCUT2D eigenvalue weighted by atomic mass is 16.5. The predicted molar refractivity (Wildman–Crippen MR) is 81.7 cm³/mol. The van der Waals surface area contributed by atoms with E-state index in [9.17, 15) is 0 Å². The number of hydrogen-bond acceptors (Lipinski definition) is 2. The van der Waals surface area contributed by atoms with Gasteiger partial charge in [0.1, 0.15) is 44.2 Å². The molecule has 1 heterocycles. The van der Waals surface area contributed by atoms with Gasteiger partial charge in [-0.2, -0.15) is 0 Å². The fraction of sp³-hybridized carbons (Fsp3) is 0.647. The zero-order valence-corrected chi connectivity index (χ0v) is 13.5. The Labute approximate surface area is 122 Å². The number of aryl methyl sites for hydroxylation is 2. The Morgan fingerprint density at radius 1 is 1.15 bits per heavy atom. The van der Waals surface area contributed by atoms with Crippen LogP contribution in [0.1, 0.15) is 30.5 Å². The third-order valence-corrected chi connectivity index (χ3v) is 4.09. The van der Waals surface area contributed by atoms with Crippen LogP contribution in [0.5, 0.6) is 5.75 Å². The number of quaternary nitrogens is 1. The minimum Gasteiger partial charge on any atom is -0.487 e. The van der Waals surface area contributed by atoms with Crippen molar-refractivity contribution in [3.05, 3.63) is 28.8 Å². The molecule has 1 fully saturated rings. The Balaban J connectivity index is 1.87. The van der Waals surface area contributed by atoms with Crippen molar-refractivity contribution in [1.29, 1.82) is 0 Å². The Morgan fingerprint density at radius 2 is 1.80 bits per heavy atom. The largest absolute Gasteiger partial charge is 0.487 e. The van der Waals surface area contributed by atoms with Crippen molar-refractivity contribution in [2.24, 2.45) is 0 Å². The lowest BCUT2D eigenvalue weighted by atomic mass is 10.1. The number of ether oxygens (including phenoxy) is 2. The van der Waals surface area contributed by atoms with Gasteiger partial charge in [0.25, 0.3) is 0 Å². The lowest BCUT2D eigenvalue weighted by molar-refractivity contribution is -0.915. The first-order valence-electron chi connectivity index (χ1n) is 7.65. The van der Waals surface area contributed by atoms with E-state index in [2.05, 4.69) is 46.8 Å². The fourth-order valence-corrected chi connectivity index (χ4v) is 3.05. The van der Waals surface area contributed by atoms with Crippen LogP contribution in [0.3, 0.4) is 0 Å². The molecule has 0 amide bonds. The molecule has 0 radical (unpaired) electrons. The standard InChI is InChI=1S/C17H27NO2/c1-12-8-13(2)16(5)17(9-12)19-7-6-18-10-14(3)20-15(4)11-18/h8-9,14-15H,6-7,10-11H2,1-5H3/p+1/t14-,15+. The molecule has 1 saturated heterocycles. The number of rotatable bonds is 4. The topological polar surface area (TPSA) is 22.9 Å². The van der Waals surface area contributed by atoms with Gasteiger partial charge in [-0.1, -0.05) is 6.07 Å². The second-order valence-electron chi connectivity index (χ2n) is 6.22. The molecule has 0 aliphatic carbocycles. The molecule has 1 N–H and O–H groups in total. The molecular weight excluding hydrogens is 250 g/mol. The average Bonchev–Trinajstić information content (AvgIpc) is 2.34.